The molecule has 18 heavy (non-hydrogen) atoms. The van der Waals surface area contributed by atoms with Crippen molar-refractivity contribution in [2.24, 2.45) is 10.9 Å². The summed E-state index contributed by atoms with van der Waals surface area (Å²) < 4.78 is 0. The lowest BCUT2D eigenvalue weighted by Gasteiger charge is -2.18. The molecule has 0 fully saturated rings. The number of aliphatic imine (C=N–C) groups is 1. The van der Waals surface area contributed by atoms with Crippen LogP contribution in [0.5, 0.6) is 0 Å². The molecule has 0 aromatic heterocycles. The highest BCUT2D eigenvalue weighted by Crippen LogP contribution is 2.28. The molecule has 4 heteroatoms. The summed E-state index contributed by atoms with van der Waals surface area (Å²) in [4.78, 5) is 15.3. The Morgan fingerprint density at radius 3 is 2.94 bits per heavy atom. The van der Waals surface area contributed by atoms with Crippen molar-refractivity contribution in [2.75, 3.05) is 0 Å². The SMILES string of the molecule is O=C(O)CC1CCC=CC1=Nc1ccccc1Cl. The number of allylic oxidation sites excluding steroid dienone is 2. The van der Waals surface area contributed by atoms with Crippen molar-refractivity contribution >= 4 is 29.0 Å². The molecular weight excluding hydrogens is 250 g/mol. The normalized spacial score (nSPS) is 21.2. The second-order valence-electron chi connectivity index (χ2n) is 4.26. The number of carbonyl (C=O) groups is 1. The van der Waals surface area contributed by atoms with E-state index in [2.05, 4.69) is 4.99 Å². The minimum Gasteiger partial charge on any atom is -0.481 e. The predicted molar refractivity (Wildman–Crippen MR) is 72.7 cm³/mol. The van der Waals surface area contributed by atoms with E-state index in [-0.39, 0.29) is 12.3 Å². The van der Waals surface area contributed by atoms with Crippen molar-refractivity contribution in [1.82, 2.24) is 0 Å². The summed E-state index contributed by atoms with van der Waals surface area (Å²) in [6, 6.07) is 7.32. The molecule has 0 spiro atoms. The molecule has 3 nitrogen and oxygen atoms in total. The Balaban J connectivity index is 2.28. The van der Waals surface area contributed by atoms with Gasteiger partial charge >= 0.3 is 5.97 Å². The first kappa shape index (κ1) is 12.8. The molecule has 1 N–H and O–H groups in total. The van der Waals surface area contributed by atoms with Gasteiger partial charge in [0.05, 0.1) is 17.1 Å². The Kier molecular flexibility index (Phi) is 4.15. The van der Waals surface area contributed by atoms with Crippen molar-refractivity contribution in [3.63, 3.8) is 0 Å². The molecule has 0 radical (unpaired) electrons. The Labute approximate surface area is 111 Å². The Bertz CT molecular complexity index is 508. The zero-order valence-corrected chi connectivity index (χ0v) is 10.6. The van der Waals surface area contributed by atoms with Crippen LogP contribution in [0.15, 0.2) is 41.4 Å². The summed E-state index contributed by atoms with van der Waals surface area (Å²) in [6.45, 7) is 0. The summed E-state index contributed by atoms with van der Waals surface area (Å²) in [5.41, 5.74) is 1.49. The van der Waals surface area contributed by atoms with Gasteiger partial charge in [0.2, 0.25) is 0 Å². The van der Waals surface area contributed by atoms with Crippen LogP contribution in [0, 0.1) is 5.92 Å². The average Bonchev–Trinajstić information content (AvgIpc) is 2.34. The Morgan fingerprint density at radius 1 is 1.44 bits per heavy atom. The van der Waals surface area contributed by atoms with Crippen molar-refractivity contribution in [2.45, 2.75) is 19.3 Å². The fraction of sp³-hybridized carbons (Fsp3) is 0.286. The number of carboxylic acid groups (broad SMARTS) is 1. The molecule has 1 unspecified atom stereocenters. The molecule has 1 atom stereocenters. The zero-order valence-electron chi connectivity index (χ0n) is 9.84. The van der Waals surface area contributed by atoms with E-state index in [4.69, 9.17) is 16.7 Å². The monoisotopic (exact) mass is 263 g/mol. The second-order valence-corrected chi connectivity index (χ2v) is 4.67. The van der Waals surface area contributed by atoms with E-state index >= 15 is 0 Å². The van der Waals surface area contributed by atoms with Gasteiger partial charge in [-0.3, -0.25) is 9.79 Å². The van der Waals surface area contributed by atoms with Gasteiger partial charge in [-0.25, -0.2) is 0 Å². The van der Waals surface area contributed by atoms with Gasteiger partial charge in [-0.1, -0.05) is 29.8 Å². The molecule has 0 heterocycles. The second kappa shape index (κ2) is 5.83. The molecule has 94 valence electrons. The van der Waals surface area contributed by atoms with Gasteiger partial charge in [-0.15, -0.1) is 0 Å². The molecule has 0 amide bonds. The molecule has 0 saturated heterocycles. The zero-order chi connectivity index (χ0) is 13.0. The topological polar surface area (TPSA) is 49.7 Å². The largest absolute Gasteiger partial charge is 0.481 e. The van der Waals surface area contributed by atoms with Gasteiger partial charge in [0.25, 0.3) is 0 Å². The number of aliphatic carboxylic acids is 1. The van der Waals surface area contributed by atoms with Gasteiger partial charge in [-0.05, 0) is 31.1 Å². The molecule has 1 aliphatic carbocycles. The summed E-state index contributed by atoms with van der Waals surface area (Å²) in [7, 11) is 0. The van der Waals surface area contributed by atoms with Crippen LogP contribution in [-0.4, -0.2) is 16.8 Å². The van der Waals surface area contributed by atoms with Gasteiger partial charge < -0.3 is 5.11 Å². The minimum atomic E-state index is -0.790. The average molecular weight is 264 g/mol. The lowest BCUT2D eigenvalue weighted by atomic mass is 9.89. The highest BCUT2D eigenvalue weighted by Gasteiger charge is 2.20. The molecule has 0 saturated carbocycles. The third-order valence-corrected chi connectivity index (χ3v) is 3.23. The molecule has 0 bridgehead atoms. The summed E-state index contributed by atoms with van der Waals surface area (Å²) in [6.07, 6.45) is 5.77. The number of benzene rings is 1. The highest BCUT2D eigenvalue weighted by atomic mass is 35.5. The fourth-order valence-corrected chi connectivity index (χ4v) is 2.19. The van der Waals surface area contributed by atoms with Crippen molar-refractivity contribution in [3.05, 3.63) is 41.4 Å². The van der Waals surface area contributed by atoms with E-state index in [1.54, 1.807) is 6.07 Å². The van der Waals surface area contributed by atoms with Crippen LogP contribution >= 0.6 is 11.6 Å². The molecule has 0 aliphatic heterocycles. The van der Waals surface area contributed by atoms with Crippen molar-refractivity contribution in [1.29, 1.82) is 0 Å². The van der Waals surface area contributed by atoms with Crippen LogP contribution in [0.2, 0.25) is 5.02 Å². The lowest BCUT2D eigenvalue weighted by Crippen LogP contribution is -2.19. The third kappa shape index (κ3) is 3.20. The van der Waals surface area contributed by atoms with Crippen molar-refractivity contribution < 1.29 is 9.90 Å². The van der Waals surface area contributed by atoms with Crippen molar-refractivity contribution in [3.8, 4) is 0 Å². The predicted octanol–water partition coefficient (Wildman–Crippen LogP) is 3.85. The molecule has 1 aromatic carbocycles. The number of rotatable bonds is 3. The van der Waals surface area contributed by atoms with Gasteiger partial charge in [0, 0.05) is 11.6 Å². The van der Waals surface area contributed by atoms with E-state index in [9.17, 15) is 4.79 Å². The van der Waals surface area contributed by atoms with Crippen LogP contribution in [0.1, 0.15) is 19.3 Å². The summed E-state index contributed by atoms with van der Waals surface area (Å²) in [5, 5.41) is 9.48. The molecular formula is C14H14ClNO2. The molecule has 1 aromatic rings. The van der Waals surface area contributed by atoms with Crippen LogP contribution < -0.4 is 0 Å². The minimum absolute atomic E-state index is 0.0243. The maximum absolute atomic E-state index is 10.8. The number of hydrogen-bond acceptors (Lipinski definition) is 2. The maximum atomic E-state index is 10.8. The van der Waals surface area contributed by atoms with Crippen LogP contribution in [0.4, 0.5) is 5.69 Å². The van der Waals surface area contributed by atoms with E-state index in [1.165, 1.54) is 0 Å². The van der Waals surface area contributed by atoms with E-state index in [1.807, 2.05) is 30.4 Å². The van der Waals surface area contributed by atoms with E-state index < -0.39 is 5.97 Å². The Hall–Kier alpha value is -1.61. The number of carboxylic acids is 1. The maximum Gasteiger partial charge on any atom is 0.304 e. The Morgan fingerprint density at radius 2 is 2.22 bits per heavy atom. The smallest absolute Gasteiger partial charge is 0.304 e. The van der Waals surface area contributed by atoms with Gasteiger partial charge in [0.1, 0.15) is 0 Å². The number of nitrogens with zero attached hydrogens (tertiary/aromatic N) is 1. The lowest BCUT2D eigenvalue weighted by molar-refractivity contribution is -0.137. The van der Waals surface area contributed by atoms with Crippen LogP contribution in [0.25, 0.3) is 0 Å². The van der Waals surface area contributed by atoms with E-state index in [0.29, 0.717) is 10.7 Å². The number of halogens is 1. The van der Waals surface area contributed by atoms with Gasteiger partial charge in [0.15, 0.2) is 0 Å². The standard InChI is InChI=1S/C14H14ClNO2/c15-11-6-2-4-8-13(11)16-12-7-3-1-5-10(12)9-14(17)18/h2-4,6-8,10H,1,5,9H2,(H,17,18). The highest BCUT2D eigenvalue weighted by molar-refractivity contribution is 6.33. The quantitative estimate of drug-likeness (QED) is 0.900. The summed E-state index contributed by atoms with van der Waals surface area (Å²) >= 11 is 6.05. The fourth-order valence-electron chi connectivity index (χ4n) is 2.01. The third-order valence-electron chi connectivity index (χ3n) is 2.91. The first-order valence-corrected chi connectivity index (χ1v) is 6.26. The van der Waals surface area contributed by atoms with Gasteiger partial charge in [-0.2, -0.15) is 0 Å². The first-order chi connectivity index (χ1) is 8.66. The number of hydrogen-bond donors (Lipinski definition) is 1. The molecule has 1 aliphatic rings. The van der Waals surface area contributed by atoms with Crippen LogP contribution in [-0.2, 0) is 4.79 Å². The van der Waals surface area contributed by atoms with Crippen LogP contribution in [0.3, 0.4) is 0 Å². The number of para-hydroxylation sites is 1. The summed E-state index contributed by atoms with van der Waals surface area (Å²) in [5.74, 6) is -0.814. The molecule has 2 rings (SSSR count). The first-order valence-electron chi connectivity index (χ1n) is 5.88. The van der Waals surface area contributed by atoms with E-state index in [0.717, 1.165) is 18.6 Å².